The summed E-state index contributed by atoms with van der Waals surface area (Å²) in [6.07, 6.45) is 1.46. The maximum atomic E-state index is 11.9. The Labute approximate surface area is 111 Å². The Morgan fingerprint density at radius 1 is 1.37 bits per heavy atom. The van der Waals surface area contributed by atoms with E-state index in [9.17, 15) is 4.79 Å². The van der Waals surface area contributed by atoms with Crippen molar-refractivity contribution >= 4 is 5.91 Å². The zero-order valence-corrected chi connectivity index (χ0v) is 11.0. The minimum atomic E-state index is -0.218. The molecule has 0 aliphatic heterocycles. The lowest BCUT2D eigenvalue weighted by Gasteiger charge is -2.09. The van der Waals surface area contributed by atoms with E-state index in [-0.39, 0.29) is 11.9 Å². The summed E-state index contributed by atoms with van der Waals surface area (Å²) < 4.78 is 0. The van der Waals surface area contributed by atoms with Crippen LogP contribution in [0.3, 0.4) is 0 Å². The largest absolute Gasteiger partial charge is 0.349 e. The third-order valence-corrected chi connectivity index (χ3v) is 2.77. The fourth-order valence-electron chi connectivity index (χ4n) is 1.49. The number of carbonyl (C=O) groups excluding carboxylic acids is 1. The van der Waals surface area contributed by atoms with Crippen molar-refractivity contribution in [1.82, 2.24) is 25.6 Å². The van der Waals surface area contributed by atoms with Crippen molar-refractivity contribution in [3.05, 3.63) is 42.2 Å². The Hall–Kier alpha value is -2.21. The monoisotopic (exact) mass is 259 g/mol. The maximum Gasteiger partial charge on any atom is 0.273 e. The molecule has 2 aromatic rings. The molecule has 1 heterocycles. The van der Waals surface area contributed by atoms with E-state index in [4.69, 9.17) is 0 Å². The Balaban J connectivity index is 2.03. The molecule has 19 heavy (non-hydrogen) atoms. The van der Waals surface area contributed by atoms with E-state index in [1.165, 1.54) is 11.0 Å². The summed E-state index contributed by atoms with van der Waals surface area (Å²) in [6, 6.07) is 9.68. The number of amides is 1. The summed E-state index contributed by atoms with van der Waals surface area (Å²) in [7, 11) is 1.85. The third kappa shape index (κ3) is 3.38. The lowest BCUT2D eigenvalue weighted by Crippen LogP contribution is -2.37. The second-order valence-corrected chi connectivity index (χ2v) is 4.25. The normalized spacial score (nSPS) is 12.1. The first-order chi connectivity index (χ1) is 9.20. The van der Waals surface area contributed by atoms with Crippen LogP contribution in [0.15, 0.2) is 36.5 Å². The number of carbonyl (C=O) groups is 1. The number of likely N-dealkylation sites (N-methyl/N-ethyl adjacent to an activating group) is 1. The van der Waals surface area contributed by atoms with Gasteiger partial charge in [0.25, 0.3) is 5.91 Å². The van der Waals surface area contributed by atoms with E-state index in [0.717, 1.165) is 5.69 Å². The van der Waals surface area contributed by atoms with Crippen LogP contribution in [0.2, 0.25) is 0 Å². The Morgan fingerprint density at radius 2 is 2.11 bits per heavy atom. The maximum absolute atomic E-state index is 11.9. The summed E-state index contributed by atoms with van der Waals surface area (Å²) in [5, 5.41) is 14.1. The van der Waals surface area contributed by atoms with E-state index in [2.05, 4.69) is 20.8 Å². The average Bonchev–Trinajstić information content (AvgIpc) is 2.95. The van der Waals surface area contributed by atoms with Crippen LogP contribution < -0.4 is 10.6 Å². The van der Waals surface area contributed by atoms with Gasteiger partial charge < -0.3 is 10.6 Å². The van der Waals surface area contributed by atoms with Crippen molar-refractivity contribution in [3.8, 4) is 5.69 Å². The number of benzene rings is 1. The summed E-state index contributed by atoms with van der Waals surface area (Å²) in [5.41, 5.74) is 1.14. The fraction of sp³-hybridized carbons (Fsp3) is 0.308. The minimum absolute atomic E-state index is 0.216. The molecule has 1 aromatic carbocycles. The molecule has 0 fully saturated rings. The Kier molecular flexibility index (Phi) is 4.25. The van der Waals surface area contributed by atoms with E-state index >= 15 is 0 Å². The van der Waals surface area contributed by atoms with E-state index < -0.39 is 0 Å². The topological polar surface area (TPSA) is 71.8 Å². The van der Waals surface area contributed by atoms with Crippen molar-refractivity contribution in [3.63, 3.8) is 0 Å². The molecule has 0 saturated carbocycles. The highest BCUT2D eigenvalue weighted by Gasteiger charge is 2.11. The third-order valence-electron chi connectivity index (χ3n) is 2.77. The molecule has 2 rings (SSSR count). The predicted molar refractivity (Wildman–Crippen MR) is 72.2 cm³/mol. The van der Waals surface area contributed by atoms with Crippen LogP contribution in [0.1, 0.15) is 17.4 Å². The highest BCUT2D eigenvalue weighted by Crippen LogP contribution is 2.04. The number of nitrogens with zero attached hydrogens (tertiary/aromatic N) is 3. The van der Waals surface area contributed by atoms with Crippen LogP contribution in [0.25, 0.3) is 5.69 Å². The Bertz CT molecular complexity index is 537. The molecule has 1 aromatic heterocycles. The van der Waals surface area contributed by atoms with Gasteiger partial charge in [0.1, 0.15) is 0 Å². The molecule has 0 bridgehead atoms. The Morgan fingerprint density at radius 3 is 2.79 bits per heavy atom. The van der Waals surface area contributed by atoms with Gasteiger partial charge in [0.05, 0.1) is 11.9 Å². The van der Waals surface area contributed by atoms with E-state index in [0.29, 0.717) is 12.2 Å². The van der Waals surface area contributed by atoms with E-state index in [1.54, 1.807) is 0 Å². The van der Waals surface area contributed by atoms with Gasteiger partial charge in [-0.1, -0.05) is 18.2 Å². The van der Waals surface area contributed by atoms with Crippen LogP contribution >= 0.6 is 0 Å². The number of aromatic nitrogens is 3. The van der Waals surface area contributed by atoms with Crippen molar-refractivity contribution in [2.75, 3.05) is 13.6 Å². The molecule has 0 aliphatic carbocycles. The van der Waals surface area contributed by atoms with Gasteiger partial charge in [0, 0.05) is 12.6 Å². The SMILES string of the molecule is CNC(C)CNC(=O)c1cnn(-c2ccccc2)n1. The van der Waals surface area contributed by atoms with Crippen LogP contribution in [0.5, 0.6) is 0 Å². The molecule has 100 valence electrons. The molecule has 6 heteroatoms. The second-order valence-electron chi connectivity index (χ2n) is 4.25. The lowest BCUT2D eigenvalue weighted by atomic mass is 10.3. The fourth-order valence-corrected chi connectivity index (χ4v) is 1.49. The van der Waals surface area contributed by atoms with Crippen LogP contribution in [-0.2, 0) is 0 Å². The molecule has 0 spiro atoms. The lowest BCUT2D eigenvalue weighted by molar-refractivity contribution is 0.0945. The number of rotatable bonds is 5. The number of hydrogen-bond acceptors (Lipinski definition) is 4. The van der Waals surface area contributed by atoms with Crippen molar-refractivity contribution in [2.45, 2.75) is 13.0 Å². The molecule has 0 aliphatic rings. The van der Waals surface area contributed by atoms with E-state index in [1.807, 2.05) is 44.3 Å². The number of nitrogens with one attached hydrogen (secondary N) is 2. The molecule has 2 N–H and O–H groups in total. The van der Waals surface area contributed by atoms with Gasteiger partial charge in [-0.25, -0.2) is 0 Å². The van der Waals surface area contributed by atoms with Gasteiger partial charge >= 0.3 is 0 Å². The van der Waals surface area contributed by atoms with Gasteiger partial charge in [-0.3, -0.25) is 4.79 Å². The van der Waals surface area contributed by atoms with Crippen LogP contribution in [0.4, 0.5) is 0 Å². The van der Waals surface area contributed by atoms with Gasteiger partial charge in [0.2, 0.25) is 0 Å². The molecular formula is C13H17N5O. The molecule has 1 amide bonds. The predicted octanol–water partition coefficient (Wildman–Crippen LogP) is 0.605. The van der Waals surface area contributed by atoms with Crippen molar-refractivity contribution in [1.29, 1.82) is 0 Å². The first kappa shape index (κ1) is 13.2. The first-order valence-corrected chi connectivity index (χ1v) is 6.14. The van der Waals surface area contributed by atoms with Crippen LogP contribution in [0, 0.1) is 0 Å². The minimum Gasteiger partial charge on any atom is -0.349 e. The van der Waals surface area contributed by atoms with Gasteiger partial charge in [0.15, 0.2) is 5.69 Å². The average molecular weight is 259 g/mol. The summed E-state index contributed by atoms with van der Waals surface area (Å²) >= 11 is 0. The highest BCUT2D eigenvalue weighted by atomic mass is 16.2. The molecule has 1 unspecified atom stereocenters. The smallest absolute Gasteiger partial charge is 0.273 e. The van der Waals surface area contributed by atoms with Gasteiger partial charge in [-0.05, 0) is 26.1 Å². The van der Waals surface area contributed by atoms with Crippen molar-refractivity contribution in [2.24, 2.45) is 0 Å². The molecule has 0 radical (unpaired) electrons. The van der Waals surface area contributed by atoms with Gasteiger partial charge in [-0.2, -0.15) is 9.90 Å². The first-order valence-electron chi connectivity index (χ1n) is 6.14. The number of hydrogen-bond donors (Lipinski definition) is 2. The summed E-state index contributed by atoms with van der Waals surface area (Å²) in [4.78, 5) is 13.3. The molecular weight excluding hydrogens is 242 g/mol. The molecule has 1 atom stereocenters. The van der Waals surface area contributed by atoms with Crippen LogP contribution in [-0.4, -0.2) is 40.5 Å². The zero-order valence-electron chi connectivity index (χ0n) is 11.0. The highest BCUT2D eigenvalue weighted by molar-refractivity contribution is 5.91. The molecule has 0 saturated heterocycles. The standard InChI is InChI=1S/C13H17N5O/c1-10(14-2)8-15-13(19)12-9-16-18(17-12)11-6-4-3-5-7-11/h3-7,9-10,14H,8H2,1-2H3,(H,15,19). The quantitative estimate of drug-likeness (QED) is 0.825. The van der Waals surface area contributed by atoms with Gasteiger partial charge in [-0.15, -0.1) is 5.10 Å². The summed E-state index contributed by atoms with van der Waals surface area (Å²) in [6.45, 7) is 2.54. The second kappa shape index (κ2) is 6.10. The summed E-state index contributed by atoms with van der Waals surface area (Å²) in [5.74, 6) is -0.218. The molecule has 6 nitrogen and oxygen atoms in total. The van der Waals surface area contributed by atoms with Crippen molar-refractivity contribution < 1.29 is 4.79 Å². The zero-order chi connectivity index (χ0) is 13.7. The number of para-hydroxylation sites is 1.